The van der Waals surface area contributed by atoms with E-state index in [-0.39, 0.29) is 11.8 Å². The number of hydrogen-bond acceptors (Lipinski definition) is 4. The molecule has 4 rings (SSSR count). The Bertz CT molecular complexity index is 928. The summed E-state index contributed by atoms with van der Waals surface area (Å²) < 4.78 is 11.5. The van der Waals surface area contributed by atoms with Gasteiger partial charge in [0, 0.05) is 18.9 Å². The molecule has 0 unspecified atom stereocenters. The summed E-state index contributed by atoms with van der Waals surface area (Å²) in [5.74, 6) is -0.488. The number of carbonyl (C=O) groups excluding carboxylic acids is 2. The Morgan fingerprint density at radius 3 is 2.82 bits per heavy atom. The molecule has 6 nitrogen and oxygen atoms in total. The highest BCUT2D eigenvalue weighted by atomic mass is 16.5. The molecule has 1 saturated heterocycles. The topological polar surface area (TPSA) is 81.9 Å². The number of nitrogens with zero attached hydrogens (tertiary/aromatic N) is 1. The lowest BCUT2D eigenvalue weighted by Crippen LogP contribution is -2.64. The summed E-state index contributed by atoms with van der Waals surface area (Å²) in [5, 5.41) is 0. The first-order valence-electron chi connectivity index (χ1n) is 9.44. The Balaban J connectivity index is 1.66. The van der Waals surface area contributed by atoms with Gasteiger partial charge in [0.2, 0.25) is 11.8 Å². The first-order valence-corrected chi connectivity index (χ1v) is 9.44. The summed E-state index contributed by atoms with van der Waals surface area (Å²) in [7, 11) is 1.62. The van der Waals surface area contributed by atoms with Crippen LogP contribution in [0, 0.1) is 5.92 Å². The van der Waals surface area contributed by atoms with Crippen LogP contribution in [0.3, 0.4) is 0 Å². The molecule has 28 heavy (non-hydrogen) atoms. The average Bonchev–Trinajstić information content (AvgIpc) is 2.67. The fourth-order valence-electron chi connectivity index (χ4n) is 4.45. The number of ether oxygens (including phenoxy) is 2. The van der Waals surface area contributed by atoms with Crippen molar-refractivity contribution in [1.29, 1.82) is 0 Å². The highest BCUT2D eigenvalue weighted by Crippen LogP contribution is 2.49. The second-order valence-electron chi connectivity index (χ2n) is 7.60. The standard InChI is InChI=1S/C22H24N2O4/c1-22-13-17(16-8-3-4-9-18(16)28-22)19(20(23)25)21(26)24(22)11-10-14-6-5-7-15(12-14)27-2/h3-9,12,17,19H,10-11,13H2,1-2H3,(H2,23,25)/t17-,19+,22+/m0/s1. The molecule has 3 atom stereocenters. The van der Waals surface area contributed by atoms with Crippen LogP contribution >= 0.6 is 0 Å². The Hall–Kier alpha value is -3.02. The maximum absolute atomic E-state index is 13.3. The number of rotatable bonds is 5. The number of primary amides is 1. The number of carbonyl (C=O) groups is 2. The van der Waals surface area contributed by atoms with Crippen LogP contribution in [0.1, 0.15) is 30.4 Å². The van der Waals surface area contributed by atoms with Gasteiger partial charge in [0.15, 0.2) is 5.72 Å². The predicted octanol–water partition coefficient (Wildman–Crippen LogP) is 2.46. The minimum atomic E-state index is -0.872. The molecule has 0 aliphatic carbocycles. The van der Waals surface area contributed by atoms with Crippen molar-refractivity contribution in [2.75, 3.05) is 13.7 Å². The molecule has 2 aromatic rings. The van der Waals surface area contributed by atoms with Crippen LogP contribution in [0.2, 0.25) is 0 Å². The zero-order chi connectivity index (χ0) is 19.9. The Kier molecular flexibility index (Phi) is 4.49. The fraction of sp³-hybridized carbons (Fsp3) is 0.364. The van der Waals surface area contributed by atoms with Gasteiger partial charge in [-0.25, -0.2) is 0 Å². The van der Waals surface area contributed by atoms with Gasteiger partial charge in [0.05, 0.1) is 7.11 Å². The minimum Gasteiger partial charge on any atom is -0.497 e. The van der Waals surface area contributed by atoms with Gasteiger partial charge in [-0.2, -0.15) is 0 Å². The van der Waals surface area contributed by atoms with Gasteiger partial charge in [0.25, 0.3) is 0 Å². The molecule has 2 aliphatic heterocycles. The predicted molar refractivity (Wildman–Crippen MR) is 104 cm³/mol. The second-order valence-corrected chi connectivity index (χ2v) is 7.60. The molecule has 6 heteroatoms. The monoisotopic (exact) mass is 380 g/mol. The summed E-state index contributed by atoms with van der Waals surface area (Å²) >= 11 is 0. The molecule has 0 spiro atoms. The van der Waals surface area contributed by atoms with Crippen LogP contribution in [-0.2, 0) is 16.0 Å². The van der Waals surface area contributed by atoms with E-state index in [1.807, 2.05) is 55.5 Å². The largest absolute Gasteiger partial charge is 0.497 e. The van der Waals surface area contributed by atoms with Gasteiger partial charge in [-0.1, -0.05) is 30.3 Å². The van der Waals surface area contributed by atoms with Crippen LogP contribution in [0.5, 0.6) is 11.5 Å². The Morgan fingerprint density at radius 2 is 2.07 bits per heavy atom. The summed E-state index contributed by atoms with van der Waals surface area (Å²) in [6.07, 6.45) is 1.17. The van der Waals surface area contributed by atoms with Crippen molar-refractivity contribution in [1.82, 2.24) is 4.90 Å². The van der Waals surface area contributed by atoms with Gasteiger partial charge in [-0.3, -0.25) is 9.59 Å². The molecule has 2 bridgehead atoms. The van der Waals surface area contributed by atoms with Crippen LogP contribution in [0.25, 0.3) is 0 Å². The number of benzene rings is 2. The first-order chi connectivity index (χ1) is 13.4. The van der Waals surface area contributed by atoms with E-state index in [2.05, 4.69) is 0 Å². The summed E-state index contributed by atoms with van der Waals surface area (Å²) in [5.41, 5.74) is 6.78. The van der Waals surface area contributed by atoms with Crippen molar-refractivity contribution in [2.24, 2.45) is 11.7 Å². The van der Waals surface area contributed by atoms with Gasteiger partial charge >= 0.3 is 0 Å². The number of hydrogen-bond donors (Lipinski definition) is 1. The quantitative estimate of drug-likeness (QED) is 0.808. The van der Waals surface area contributed by atoms with Crippen LogP contribution < -0.4 is 15.2 Å². The van der Waals surface area contributed by atoms with Crippen LogP contribution in [-0.4, -0.2) is 36.1 Å². The molecule has 1 fully saturated rings. The van der Waals surface area contributed by atoms with E-state index >= 15 is 0 Å². The van der Waals surface area contributed by atoms with E-state index in [0.717, 1.165) is 16.9 Å². The van der Waals surface area contributed by atoms with Crippen molar-refractivity contribution < 1.29 is 19.1 Å². The van der Waals surface area contributed by atoms with E-state index in [4.69, 9.17) is 15.2 Å². The molecule has 0 aromatic heterocycles. The lowest BCUT2D eigenvalue weighted by Gasteiger charge is -2.52. The molecule has 146 valence electrons. The number of amides is 2. The van der Waals surface area contributed by atoms with Crippen LogP contribution in [0.15, 0.2) is 48.5 Å². The number of para-hydroxylation sites is 1. The van der Waals surface area contributed by atoms with Gasteiger partial charge in [-0.05, 0) is 42.7 Å². The maximum atomic E-state index is 13.3. The zero-order valence-corrected chi connectivity index (χ0v) is 16.1. The molecule has 2 aromatic carbocycles. The minimum absolute atomic E-state index is 0.256. The molecular formula is C22H24N2O4. The third-order valence-corrected chi connectivity index (χ3v) is 5.82. The van der Waals surface area contributed by atoms with E-state index in [1.54, 1.807) is 12.0 Å². The highest BCUT2D eigenvalue weighted by molar-refractivity contribution is 6.01. The Morgan fingerprint density at radius 1 is 1.29 bits per heavy atom. The normalized spacial score (nSPS) is 25.6. The number of fused-ring (bicyclic) bond motifs is 4. The zero-order valence-electron chi connectivity index (χ0n) is 16.1. The van der Waals surface area contributed by atoms with Crippen molar-refractivity contribution in [3.8, 4) is 11.5 Å². The van der Waals surface area contributed by atoms with E-state index in [1.165, 1.54) is 0 Å². The third-order valence-electron chi connectivity index (χ3n) is 5.82. The van der Waals surface area contributed by atoms with Crippen LogP contribution in [0.4, 0.5) is 0 Å². The number of piperidine rings is 1. The van der Waals surface area contributed by atoms with Crippen molar-refractivity contribution in [3.63, 3.8) is 0 Å². The average molecular weight is 380 g/mol. The maximum Gasteiger partial charge on any atom is 0.238 e. The smallest absolute Gasteiger partial charge is 0.238 e. The summed E-state index contributed by atoms with van der Waals surface area (Å²) in [6, 6.07) is 15.3. The first kappa shape index (κ1) is 18.3. The molecule has 2 aliphatic rings. The molecule has 0 saturated carbocycles. The molecular weight excluding hydrogens is 356 g/mol. The third kappa shape index (κ3) is 2.99. The fourth-order valence-corrected chi connectivity index (χ4v) is 4.45. The van der Waals surface area contributed by atoms with E-state index in [9.17, 15) is 9.59 Å². The van der Waals surface area contributed by atoms with Gasteiger partial charge in [-0.15, -0.1) is 0 Å². The van der Waals surface area contributed by atoms with Crippen molar-refractivity contribution in [2.45, 2.75) is 31.4 Å². The SMILES string of the molecule is COc1cccc(CCN2C(=O)[C@@H](C(N)=O)[C@H]3C[C@@]2(C)Oc2ccccc23)c1. The molecule has 0 radical (unpaired) electrons. The summed E-state index contributed by atoms with van der Waals surface area (Å²) in [4.78, 5) is 27.1. The number of methoxy groups -OCH3 is 1. The Labute approximate surface area is 164 Å². The van der Waals surface area contributed by atoms with E-state index in [0.29, 0.717) is 25.1 Å². The number of likely N-dealkylation sites (tertiary alicyclic amines) is 1. The van der Waals surface area contributed by atoms with Crippen molar-refractivity contribution in [3.05, 3.63) is 59.7 Å². The number of nitrogens with two attached hydrogens (primary N) is 1. The molecule has 2 heterocycles. The second kappa shape index (κ2) is 6.86. The van der Waals surface area contributed by atoms with Gasteiger partial charge < -0.3 is 20.1 Å². The van der Waals surface area contributed by atoms with Crippen molar-refractivity contribution >= 4 is 11.8 Å². The molecule has 2 amide bonds. The van der Waals surface area contributed by atoms with E-state index < -0.39 is 17.6 Å². The molecule has 2 N–H and O–H groups in total. The lowest BCUT2D eigenvalue weighted by atomic mass is 9.73. The van der Waals surface area contributed by atoms with Gasteiger partial charge in [0.1, 0.15) is 17.4 Å². The summed E-state index contributed by atoms with van der Waals surface area (Å²) in [6.45, 7) is 2.35. The highest BCUT2D eigenvalue weighted by Gasteiger charge is 2.55. The lowest BCUT2D eigenvalue weighted by molar-refractivity contribution is -0.175.